The fraction of sp³-hybridized carbons (Fsp3) is 0.565. The number of thiophene rings is 1. The van der Waals surface area contributed by atoms with Crippen LogP contribution < -0.4 is 5.32 Å². The molecule has 1 saturated heterocycles. The highest BCUT2D eigenvalue weighted by Gasteiger charge is 2.52. The van der Waals surface area contributed by atoms with E-state index < -0.39 is 11.4 Å². The van der Waals surface area contributed by atoms with Crippen molar-refractivity contribution in [1.82, 2.24) is 19.2 Å². The first kappa shape index (κ1) is 22.7. The highest BCUT2D eigenvalue weighted by Crippen LogP contribution is 2.53. The molecule has 1 spiro atoms. The maximum atomic E-state index is 14.9. The van der Waals surface area contributed by atoms with E-state index in [-0.39, 0.29) is 23.4 Å². The van der Waals surface area contributed by atoms with Gasteiger partial charge in [0.15, 0.2) is 5.82 Å². The molecule has 5 rings (SSSR count). The molecule has 2 aromatic heterocycles. The van der Waals surface area contributed by atoms with Crippen molar-refractivity contribution in [2.75, 3.05) is 31.7 Å². The van der Waals surface area contributed by atoms with Gasteiger partial charge in [0, 0.05) is 43.9 Å². The number of fused-ring (bicyclic) bond motifs is 2. The van der Waals surface area contributed by atoms with Crippen molar-refractivity contribution in [3.63, 3.8) is 0 Å². The molecule has 7 nitrogen and oxygen atoms in total. The molecule has 1 N–H and O–H groups in total. The monoisotopic (exact) mass is 489 g/mol. The third kappa shape index (κ3) is 3.76. The summed E-state index contributed by atoms with van der Waals surface area (Å²) in [6, 6.07) is 0.249. The van der Waals surface area contributed by atoms with Gasteiger partial charge in [0.2, 0.25) is 5.95 Å². The summed E-state index contributed by atoms with van der Waals surface area (Å²) in [5.41, 5.74) is 1.19. The van der Waals surface area contributed by atoms with Gasteiger partial charge in [0.1, 0.15) is 11.5 Å². The summed E-state index contributed by atoms with van der Waals surface area (Å²) in [6.45, 7) is 3.85. The highest BCUT2D eigenvalue weighted by atomic mass is 32.2. The maximum absolute atomic E-state index is 14.9. The molecule has 0 aromatic carbocycles. The standard InChI is InChI=1S/C23H28FN5O2S2/c1-13-17-20(23(28(2)21(17)31)8-4-15(30)5-9-23)33-19(13)18-16(24)12-25-22(27-18)26-14-6-10-29(32-3)11-7-14/h12,14H,4-11H2,1-3H3,(H,25,26,27). The van der Waals surface area contributed by atoms with E-state index in [1.807, 2.05) is 14.0 Å². The summed E-state index contributed by atoms with van der Waals surface area (Å²) in [4.78, 5) is 37.2. The van der Waals surface area contributed by atoms with Crippen LogP contribution in [0.4, 0.5) is 10.3 Å². The van der Waals surface area contributed by atoms with Crippen molar-refractivity contribution in [3.8, 4) is 10.6 Å². The van der Waals surface area contributed by atoms with Crippen molar-refractivity contribution in [3.05, 3.63) is 28.0 Å². The minimum absolute atomic E-state index is 0.0484. The molecule has 1 amide bonds. The topological polar surface area (TPSA) is 78.4 Å². The quantitative estimate of drug-likeness (QED) is 0.644. The predicted octanol–water partition coefficient (Wildman–Crippen LogP) is 4.23. The van der Waals surface area contributed by atoms with Crippen molar-refractivity contribution in [2.45, 2.75) is 57.0 Å². The zero-order valence-corrected chi connectivity index (χ0v) is 20.7. The number of halogens is 1. The Morgan fingerprint density at radius 3 is 2.61 bits per heavy atom. The van der Waals surface area contributed by atoms with Gasteiger partial charge >= 0.3 is 0 Å². The second-order valence-corrected chi connectivity index (χ2v) is 11.0. The molecule has 0 radical (unpaired) electrons. The average Bonchev–Trinajstić information content (AvgIpc) is 3.26. The lowest BCUT2D eigenvalue weighted by atomic mass is 9.80. The number of Topliss-reactive ketones (excluding diaryl/α,β-unsaturated/α-hetero) is 1. The summed E-state index contributed by atoms with van der Waals surface area (Å²) in [5, 5.41) is 3.38. The smallest absolute Gasteiger partial charge is 0.255 e. The molecule has 3 aliphatic rings. The number of piperidine rings is 1. The predicted molar refractivity (Wildman–Crippen MR) is 129 cm³/mol. The largest absolute Gasteiger partial charge is 0.351 e. The van der Waals surface area contributed by atoms with Gasteiger partial charge in [-0.15, -0.1) is 11.3 Å². The number of ketones is 1. The van der Waals surface area contributed by atoms with Crippen LogP contribution in [0.25, 0.3) is 10.6 Å². The lowest BCUT2D eigenvalue weighted by molar-refractivity contribution is -0.122. The first-order valence-corrected chi connectivity index (χ1v) is 13.4. The average molecular weight is 490 g/mol. The zero-order valence-electron chi connectivity index (χ0n) is 19.1. The van der Waals surface area contributed by atoms with Crippen molar-refractivity contribution >= 4 is 40.9 Å². The van der Waals surface area contributed by atoms with Crippen LogP contribution in [0.1, 0.15) is 59.3 Å². The molecule has 33 heavy (non-hydrogen) atoms. The van der Waals surface area contributed by atoms with E-state index in [4.69, 9.17) is 0 Å². The van der Waals surface area contributed by atoms with Gasteiger partial charge in [-0.3, -0.25) is 13.9 Å². The number of carbonyl (C=O) groups is 2. The van der Waals surface area contributed by atoms with E-state index in [1.54, 1.807) is 16.8 Å². The Labute approximate surface area is 201 Å². The number of aromatic nitrogens is 2. The highest BCUT2D eigenvalue weighted by molar-refractivity contribution is 7.96. The summed E-state index contributed by atoms with van der Waals surface area (Å²) in [6.07, 6.45) is 7.43. The second-order valence-electron chi connectivity index (χ2n) is 9.12. The van der Waals surface area contributed by atoms with Gasteiger partial charge in [-0.05, 0) is 44.4 Å². The van der Waals surface area contributed by atoms with Crippen molar-refractivity contribution < 1.29 is 14.0 Å². The molecule has 0 atom stereocenters. The lowest BCUT2D eigenvalue weighted by Gasteiger charge is -2.39. The number of hydrogen-bond acceptors (Lipinski definition) is 8. The molecule has 0 unspecified atom stereocenters. The minimum Gasteiger partial charge on any atom is -0.351 e. The minimum atomic E-state index is -0.491. The Kier molecular flexibility index (Phi) is 5.95. The van der Waals surface area contributed by atoms with Crippen LogP contribution in [-0.2, 0) is 10.3 Å². The molecule has 4 heterocycles. The first-order chi connectivity index (χ1) is 15.8. The summed E-state index contributed by atoms with van der Waals surface area (Å²) in [5.74, 6) is 0.120. The Balaban J connectivity index is 1.47. The van der Waals surface area contributed by atoms with Gasteiger partial charge < -0.3 is 10.2 Å². The number of anilines is 1. The Morgan fingerprint density at radius 1 is 1.24 bits per heavy atom. The SMILES string of the molecule is CSN1CCC(Nc2ncc(F)c(-c3sc4c(c3C)C(=O)N(C)C43CCC(=O)CC3)n2)CC1. The molecule has 0 bridgehead atoms. The fourth-order valence-corrected chi connectivity index (χ4v) is 7.45. The van der Waals surface area contributed by atoms with E-state index in [0.717, 1.165) is 36.4 Å². The molecule has 2 aliphatic heterocycles. The van der Waals surface area contributed by atoms with Gasteiger partial charge in [0.05, 0.1) is 22.2 Å². The number of amides is 1. The molecule has 2 fully saturated rings. The summed E-state index contributed by atoms with van der Waals surface area (Å²) < 4.78 is 17.3. The molecule has 1 aliphatic carbocycles. The summed E-state index contributed by atoms with van der Waals surface area (Å²) in [7, 11) is 1.82. The Bertz CT molecular complexity index is 1100. The molecule has 1 saturated carbocycles. The molecule has 10 heteroatoms. The lowest BCUT2D eigenvalue weighted by Crippen LogP contribution is -2.43. The Hall–Kier alpha value is -2.04. The number of rotatable bonds is 4. The summed E-state index contributed by atoms with van der Waals surface area (Å²) >= 11 is 3.20. The van der Waals surface area contributed by atoms with Crippen LogP contribution in [0.2, 0.25) is 0 Å². The number of hydrogen-bond donors (Lipinski definition) is 1. The number of carbonyl (C=O) groups excluding carboxylic acids is 2. The fourth-order valence-electron chi connectivity index (χ4n) is 5.31. The van der Waals surface area contributed by atoms with Gasteiger partial charge in [0.25, 0.3) is 5.91 Å². The van der Waals surface area contributed by atoms with Crippen LogP contribution >= 0.6 is 23.3 Å². The Morgan fingerprint density at radius 2 is 1.94 bits per heavy atom. The molecule has 2 aromatic rings. The normalized spacial score (nSPS) is 21.2. The first-order valence-electron chi connectivity index (χ1n) is 11.4. The second kappa shape index (κ2) is 8.63. The van der Waals surface area contributed by atoms with Gasteiger partial charge in [-0.2, -0.15) is 0 Å². The number of nitrogens with one attached hydrogen (secondary N) is 1. The van der Waals surface area contributed by atoms with Crippen LogP contribution in [0.5, 0.6) is 0 Å². The molecule has 176 valence electrons. The van der Waals surface area contributed by atoms with Crippen molar-refractivity contribution in [1.29, 1.82) is 0 Å². The third-order valence-electron chi connectivity index (χ3n) is 7.37. The maximum Gasteiger partial charge on any atom is 0.255 e. The zero-order chi connectivity index (χ0) is 23.3. The van der Waals surface area contributed by atoms with Crippen LogP contribution in [0, 0.1) is 12.7 Å². The number of nitrogens with zero attached hydrogens (tertiary/aromatic N) is 4. The molecular formula is C23H28FN5O2S2. The van der Waals surface area contributed by atoms with Crippen molar-refractivity contribution in [2.24, 2.45) is 0 Å². The third-order valence-corrected chi connectivity index (χ3v) is 9.74. The van der Waals surface area contributed by atoms with E-state index in [2.05, 4.69) is 25.8 Å². The van der Waals surface area contributed by atoms with Crippen LogP contribution in [0.15, 0.2) is 6.20 Å². The van der Waals surface area contributed by atoms with Gasteiger partial charge in [-0.1, -0.05) is 11.9 Å². The van der Waals surface area contributed by atoms with E-state index in [0.29, 0.717) is 42.1 Å². The van der Waals surface area contributed by atoms with E-state index in [1.165, 1.54) is 17.5 Å². The van der Waals surface area contributed by atoms with Gasteiger partial charge in [-0.25, -0.2) is 14.4 Å². The molecular weight excluding hydrogens is 461 g/mol. The van der Waals surface area contributed by atoms with Crippen LogP contribution in [0.3, 0.4) is 0 Å². The van der Waals surface area contributed by atoms with Crippen LogP contribution in [-0.4, -0.2) is 63.3 Å². The van der Waals surface area contributed by atoms with E-state index >= 15 is 0 Å². The van der Waals surface area contributed by atoms with E-state index in [9.17, 15) is 14.0 Å².